The summed E-state index contributed by atoms with van der Waals surface area (Å²) < 4.78 is 10.7. The van der Waals surface area contributed by atoms with Crippen molar-refractivity contribution in [2.24, 2.45) is 4.99 Å². The van der Waals surface area contributed by atoms with Crippen LogP contribution in [0.3, 0.4) is 0 Å². The van der Waals surface area contributed by atoms with Crippen LogP contribution in [-0.4, -0.2) is 74.0 Å². The third-order valence-corrected chi connectivity index (χ3v) is 8.23. The second-order valence-electron chi connectivity index (χ2n) is 10.7. The second kappa shape index (κ2) is 13.7. The lowest BCUT2D eigenvalue weighted by atomic mass is 9.73. The molecule has 0 N–H and O–H groups in total. The molecule has 2 aromatic carbocycles. The number of nitro groups is 1. The van der Waals surface area contributed by atoms with E-state index >= 15 is 0 Å². The van der Waals surface area contributed by atoms with E-state index in [-0.39, 0.29) is 11.1 Å². The van der Waals surface area contributed by atoms with Crippen LogP contribution in [0.1, 0.15) is 56.2 Å². The zero-order valence-corrected chi connectivity index (χ0v) is 23.8. The van der Waals surface area contributed by atoms with Crippen LogP contribution in [0, 0.1) is 10.1 Å². The number of nitro benzene ring substituents is 1. The summed E-state index contributed by atoms with van der Waals surface area (Å²) in [7, 11) is 3.15. The summed E-state index contributed by atoms with van der Waals surface area (Å²) in [4.78, 5) is 32.5. The number of esters is 1. The van der Waals surface area contributed by atoms with Gasteiger partial charge in [-0.3, -0.25) is 10.1 Å². The highest BCUT2D eigenvalue weighted by Gasteiger charge is 2.36. The van der Waals surface area contributed by atoms with Gasteiger partial charge in [-0.1, -0.05) is 36.8 Å². The molecule has 2 aromatic rings. The Bertz CT molecular complexity index is 1200. The Balaban J connectivity index is 1.32. The Morgan fingerprint density at radius 3 is 2.33 bits per heavy atom. The maximum absolute atomic E-state index is 12.7. The van der Waals surface area contributed by atoms with Gasteiger partial charge in [-0.2, -0.15) is 0 Å². The number of methoxy groups -OCH3 is 2. The van der Waals surface area contributed by atoms with Crippen LogP contribution in [-0.2, 0) is 19.7 Å². The quantitative estimate of drug-likeness (QED) is 0.154. The molecule has 0 spiro atoms. The molecule has 0 bridgehead atoms. The van der Waals surface area contributed by atoms with E-state index in [1.165, 1.54) is 24.8 Å². The molecule has 1 saturated heterocycles. The number of aliphatic imine (C=N–C) groups is 1. The topological polar surface area (TPSA) is 97.5 Å². The van der Waals surface area contributed by atoms with Gasteiger partial charge < -0.3 is 19.3 Å². The monoisotopic (exact) mass is 548 g/mol. The number of hydrogen-bond acceptors (Lipinski definition) is 8. The maximum Gasteiger partial charge on any atom is 0.338 e. The largest absolute Gasteiger partial charge is 0.466 e. The minimum Gasteiger partial charge on any atom is -0.466 e. The second-order valence-corrected chi connectivity index (χ2v) is 10.7. The van der Waals surface area contributed by atoms with Crippen LogP contribution >= 0.6 is 0 Å². The fourth-order valence-electron chi connectivity index (χ4n) is 5.95. The van der Waals surface area contributed by atoms with Gasteiger partial charge in [0.1, 0.15) is 0 Å². The molecule has 1 atom stereocenters. The number of likely N-dealkylation sites (tertiary alicyclic amines) is 1. The first kappa shape index (κ1) is 29.4. The molecule has 9 nitrogen and oxygen atoms in total. The van der Waals surface area contributed by atoms with Gasteiger partial charge in [0.05, 0.1) is 42.3 Å². The summed E-state index contributed by atoms with van der Waals surface area (Å²) in [5, 5.41) is 11.1. The van der Waals surface area contributed by atoms with E-state index in [1.54, 1.807) is 32.5 Å². The Morgan fingerprint density at radius 1 is 1.02 bits per heavy atom. The number of carbonyl (C=O) groups is 1. The molecule has 40 heavy (non-hydrogen) atoms. The molecule has 2 aliphatic rings. The zero-order valence-electron chi connectivity index (χ0n) is 23.8. The summed E-state index contributed by atoms with van der Waals surface area (Å²) in [6.45, 7) is 6.43. The van der Waals surface area contributed by atoms with E-state index in [9.17, 15) is 14.9 Å². The third-order valence-electron chi connectivity index (χ3n) is 8.23. The number of hydrogen-bond donors (Lipinski definition) is 0. The molecule has 1 unspecified atom stereocenters. The number of carbonyl (C=O) groups excluding carboxylic acids is 1. The van der Waals surface area contributed by atoms with Crippen LogP contribution in [0.2, 0.25) is 0 Å². The molecule has 0 saturated carbocycles. The summed E-state index contributed by atoms with van der Waals surface area (Å²) >= 11 is 0. The van der Waals surface area contributed by atoms with Crippen molar-refractivity contribution in [3.63, 3.8) is 0 Å². The Labute approximate surface area is 236 Å². The molecule has 0 aromatic heterocycles. The lowest BCUT2D eigenvalue weighted by Gasteiger charge is -2.42. The van der Waals surface area contributed by atoms with Gasteiger partial charge in [-0.15, -0.1) is 0 Å². The van der Waals surface area contributed by atoms with Gasteiger partial charge in [0.25, 0.3) is 5.69 Å². The van der Waals surface area contributed by atoms with Gasteiger partial charge in [0, 0.05) is 31.2 Å². The molecule has 9 heteroatoms. The minimum atomic E-state index is -0.437. The van der Waals surface area contributed by atoms with Crippen molar-refractivity contribution in [1.29, 1.82) is 0 Å². The number of piperidine rings is 1. The van der Waals surface area contributed by atoms with Crippen LogP contribution in [0.5, 0.6) is 0 Å². The predicted molar refractivity (Wildman–Crippen MR) is 155 cm³/mol. The Morgan fingerprint density at radius 2 is 1.70 bits per heavy atom. The number of unbranched alkanes of at least 4 members (excludes halogenated alkanes) is 2. The lowest BCUT2D eigenvalue weighted by molar-refractivity contribution is -0.384. The Hall–Kier alpha value is -3.56. The van der Waals surface area contributed by atoms with Crippen LogP contribution in [0.4, 0.5) is 5.69 Å². The van der Waals surface area contributed by atoms with Gasteiger partial charge in [0.2, 0.25) is 0 Å². The van der Waals surface area contributed by atoms with Crippen molar-refractivity contribution in [2.75, 3.05) is 47.0 Å². The van der Waals surface area contributed by atoms with Gasteiger partial charge in [-0.05, 0) is 75.5 Å². The molecule has 1 fully saturated rings. The number of rotatable bonds is 12. The van der Waals surface area contributed by atoms with Gasteiger partial charge in [-0.25, -0.2) is 9.79 Å². The molecular weight excluding hydrogens is 508 g/mol. The first-order chi connectivity index (χ1) is 19.4. The smallest absolute Gasteiger partial charge is 0.338 e. The molecular formula is C31H40N4O5. The highest BCUT2D eigenvalue weighted by Crippen LogP contribution is 2.37. The van der Waals surface area contributed by atoms with E-state index in [0.717, 1.165) is 63.9 Å². The first-order valence-corrected chi connectivity index (χ1v) is 14.0. The van der Waals surface area contributed by atoms with E-state index in [4.69, 9.17) is 9.47 Å². The summed E-state index contributed by atoms with van der Waals surface area (Å²) in [5.41, 5.74) is 3.33. The minimum absolute atomic E-state index is 0.0149. The van der Waals surface area contributed by atoms with Crippen molar-refractivity contribution in [1.82, 2.24) is 9.80 Å². The number of benzene rings is 2. The fraction of sp³-hybridized carbons (Fsp3) is 0.484. The molecule has 0 aliphatic carbocycles. The van der Waals surface area contributed by atoms with Crippen molar-refractivity contribution in [3.05, 3.63) is 87.1 Å². The number of allylic oxidation sites excluding steroid dienone is 1. The van der Waals surface area contributed by atoms with E-state index in [2.05, 4.69) is 40.2 Å². The van der Waals surface area contributed by atoms with Crippen LogP contribution in [0.15, 0.2) is 70.9 Å². The van der Waals surface area contributed by atoms with E-state index in [1.807, 2.05) is 4.90 Å². The normalized spacial score (nSPS) is 19.1. The van der Waals surface area contributed by atoms with Crippen LogP contribution in [0.25, 0.3) is 0 Å². The fourth-order valence-corrected chi connectivity index (χ4v) is 5.95. The van der Waals surface area contributed by atoms with E-state index < -0.39 is 16.9 Å². The molecule has 4 rings (SSSR count). The number of non-ortho nitro benzene ring substituents is 1. The third kappa shape index (κ3) is 6.77. The van der Waals surface area contributed by atoms with Crippen molar-refractivity contribution < 1.29 is 19.2 Å². The SMILES string of the molecule is COCC1(c2ccccc2)CCN(CCCCCN2C=NC(C)=C(C(=O)OC)C2c2ccc([N+](=O)[O-])cc2)CC1. The van der Waals surface area contributed by atoms with Crippen molar-refractivity contribution >= 4 is 18.0 Å². The number of nitrogens with zero attached hydrogens (tertiary/aromatic N) is 4. The highest BCUT2D eigenvalue weighted by molar-refractivity contribution is 5.92. The highest BCUT2D eigenvalue weighted by atomic mass is 16.6. The average molecular weight is 549 g/mol. The predicted octanol–water partition coefficient (Wildman–Crippen LogP) is 5.28. The average Bonchev–Trinajstić information content (AvgIpc) is 2.98. The van der Waals surface area contributed by atoms with Crippen LogP contribution < -0.4 is 0 Å². The number of ether oxygens (including phenoxy) is 2. The van der Waals surface area contributed by atoms with E-state index in [0.29, 0.717) is 17.8 Å². The lowest BCUT2D eigenvalue weighted by Crippen LogP contribution is -2.45. The Kier molecular flexibility index (Phi) is 10.1. The molecule has 2 heterocycles. The van der Waals surface area contributed by atoms with Crippen molar-refractivity contribution in [3.8, 4) is 0 Å². The molecule has 2 aliphatic heterocycles. The summed E-state index contributed by atoms with van der Waals surface area (Å²) in [6.07, 6.45) is 7.04. The van der Waals surface area contributed by atoms with Crippen molar-refractivity contribution in [2.45, 2.75) is 50.5 Å². The molecule has 0 radical (unpaired) electrons. The van der Waals surface area contributed by atoms with Gasteiger partial charge >= 0.3 is 5.97 Å². The van der Waals surface area contributed by atoms with Gasteiger partial charge in [0.15, 0.2) is 0 Å². The first-order valence-electron chi connectivity index (χ1n) is 14.0. The summed E-state index contributed by atoms with van der Waals surface area (Å²) in [6, 6.07) is 16.7. The molecule has 214 valence electrons. The maximum atomic E-state index is 12.7. The molecule has 0 amide bonds. The standard InChI is InChI=1S/C31H40N4O5/c1-24-28(30(36)40-3)29(25-12-14-27(15-13-25)35(37)38)34(23-32-24)19-9-5-8-18-33-20-16-31(17-21-33,22-39-2)26-10-6-4-7-11-26/h4,6-7,10-15,23,29H,5,8-9,16-22H2,1-3H3. The summed E-state index contributed by atoms with van der Waals surface area (Å²) in [5.74, 6) is -0.437. The zero-order chi connectivity index (χ0) is 28.5.